The number of carbonyl (C=O) groups is 1. The van der Waals surface area contributed by atoms with Crippen LogP contribution in [-0.4, -0.2) is 17.4 Å². The normalized spacial score (nSPS) is 14.3. The molecule has 4 nitrogen and oxygen atoms in total. The van der Waals surface area contributed by atoms with Gasteiger partial charge in [0.1, 0.15) is 5.82 Å². The van der Waals surface area contributed by atoms with Crippen molar-refractivity contribution in [2.45, 2.75) is 25.8 Å². The van der Waals surface area contributed by atoms with E-state index in [1.54, 1.807) is 6.20 Å². The molecule has 1 aliphatic rings. The zero-order valence-corrected chi connectivity index (χ0v) is 15.4. The predicted molar refractivity (Wildman–Crippen MR) is 109 cm³/mol. The SMILES string of the molecule is CC(Nc1ccc(C(=O)N2CCCc3ccccc32)cn1)c1ccccc1. The maximum Gasteiger partial charge on any atom is 0.259 e. The topological polar surface area (TPSA) is 45.2 Å². The Morgan fingerprint density at radius 3 is 2.59 bits per heavy atom. The highest BCUT2D eigenvalue weighted by molar-refractivity contribution is 6.06. The molecule has 2 heterocycles. The Morgan fingerprint density at radius 2 is 1.81 bits per heavy atom. The summed E-state index contributed by atoms with van der Waals surface area (Å²) in [6, 6.07) is 22.3. The third-order valence-corrected chi connectivity index (χ3v) is 5.03. The summed E-state index contributed by atoms with van der Waals surface area (Å²) in [6.07, 6.45) is 3.68. The molecule has 0 radical (unpaired) electrons. The van der Waals surface area contributed by atoms with Crippen molar-refractivity contribution >= 4 is 17.4 Å². The molecule has 3 aromatic rings. The quantitative estimate of drug-likeness (QED) is 0.726. The smallest absolute Gasteiger partial charge is 0.259 e. The van der Waals surface area contributed by atoms with E-state index in [0.29, 0.717) is 5.56 Å². The Labute approximate surface area is 159 Å². The second-order valence-corrected chi connectivity index (χ2v) is 6.90. The van der Waals surface area contributed by atoms with Crippen LogP contribution in [0.2, 0.25) is 0 Å². The van der Waals surface area contributed by atoms with Crippen molar-refractivity contribution in [2.75, 3.05) is 16.8 Å². The lowest BCUT2D eigenvalue weighted by atomic mass is 10.0. The van der Waals surface area contributed by atoms with E-state index in [1.165, 1.54) is 11.1 Å². The van der Waals surface area contributed by atoms with Crippen molar-refractivity contribution in [1.82, 2.24) is 4.98 Å². The molecule has 1 unspecified atom stereocenters. The molecule has 4 rings (SSSR count). The van der Waals surface area contributed by atoms with Crippen LogP contribution in [0.15, 0.2) is 72.9 Å². The molecule has 0 aliphatic carbocycles. The molecular weight excluding hydrogens is 334 g/mol. The van der Waals surface area contributed by atoms with Gasteiger partial charge in [0.2, 0.25) is 0 Å². The van der Waals surface area contributed by atoms with Crippen LogP contribution in [0.25, 0.3) is 0 Å². The summed E-state index contributed by atoms with van der Waals surface area (Å²) >= 11 is 0. The molecule has 1 aromatic heterocycles. The average molecular weight is 357 g/mol. The third-order valence-electron chi connectivity index (χ3n) is 5.03. The Morgan fingerprint density at radius 1 is 1.04 bits per heavy atom. The fraction of sp³-hybridized carbons (Fsp3) is 0.217. The van der Waals surface area contributed by atoms with Crippen LogP contribution < -0.4 is 10.2 Å². The number of hydrogen-bond donors (Lipinski definition) is 1. The number of fused-ring (bicyclic) bond motifs is 1. The van der Waals surface area contributed by atoms with Gasteiger partial charge in [-0.1, -0.05) is 48.5 Å². The van der Waals surface area contributed by atoms with Crippen LogP contribution in [0, 0.1) is 0 Å². The summed E-state index contributed by atoms with van der Waals surface area (Å²) in [5.74, 6) is 0.777. The summed E-state index contributed by atoms with van der Waals surface area (Å²) in [6.45, 7) is 2.85. The number of pyridine rings is 1. The van der Waals surface area contributed by atoms with Gasteiger partial charge in [0.25, 0.3) is 5.91 Å². The molecule has 0 saturated carbocycles. The Balaban J connectivity index is 1.49. The maximum absolute atomic E-state index is 13.0. The molecule has 1 N–H and O–H groups in total. The minimum atomic E-state index is 0.0114. The van der Waals surface area contributed by atoms with Gasteiger partial charge in [0.05, 0.1) is 5.56 Å². The van der Waals surface area contributed by atoms with E-state index in [2.05, 4.69) is 35.4 Å². The largest absolute Gasteiger partial charge is 0.364 e. The average Bonchev–Trinajstić information content (AvgIpc) is 2.74. The first-order chi connectivity index (χ1) is 13.2. The molecule has 0 bridgehead atoms. The van der Waals surface area contributed by atoms with Crippen molar-refractivity contribution in [3.05, 3.63) is 89.6 Å². The molecule has 0 saturated heterocycles. The zero-order chi connectivity index (χ0) is 18.6. The van der Waals surface area contributed by atoms with Gasteiger partial charge in [0.15, 0.2) is 0 Å². The molecule has 0 fully saturated rings. The molecule has 1 aliphatic heterocycles. The monoisotopic (exact) mass is 357 g/mol. The summed E-state index contributed by atoms with van der Waals surface area (Å²) in [5, 5.41) is 3.38. The highest BCUT2D eigenvalue weighted by atomic mass is 16.2. The first-order valence-electron chi connectivity index (χ1n) is 9.40. The van der Waals surface area contributed by atoms with E-state index in [0.717, 1.165) is 30.9 Å². The van der Waals surface area contributed by atoms with E-state index in [9.17, 15) is 4.79 Å². The van der Waals surface area contributed by atoms with Crippen molar-refractivity contribution in [1.29, 1.82) is 0 Å². The Kier molecular flexibility index (Phi) is 4.88. The van der Waals surface area contributed by atoms with Gasteiger partial charge in [0, 0.05) is 24.5 Å². The number of benzene rings is 2. The van der Waals surface area contributed by atoms with Gasteiger partial charge in [-0.05, 0) is 49.1 Å². The predicted octanol–water partition coefficient (Wildman–Crippen LogP) is 4.85. The molecule has 4 heteroatoms. The molecule has 0 spiro atoms. The summed E-state index contributed by atoms with van der Waals surface area (Å²) in [5.41, 5.74) is 4.07. The number of nitrogens with zero attached hydrogens (tertiary/aromatic N) is 2. The van der Waals surface area contributed by atoms with E-state index >= 15 is 0 Å². The number of aromatic nitrogens is 1. The number of nitrogens with one attached hydrogen (secondary N) is 1. The highest BCUT2D eigenvalue weighted by Gasteiger charge is 2.23. The van der Waals surface area contributed by atoms with Gasteiger partial charge >= 0.3 is 0 Å². The van der Waals surface area contributed by atoms with E-state index < -0.39 is 0 Å². The highest BCUT2D eigenvalue weighted by Crippen LogP contribution is 2.28. The maximum atomic E-state index is 13.0. The van der Waals surface area contributed by atoms with Gasteiger partial charge in [-0.15, -0.1) is 0 Å². The molecule has 1 atom stereocenters. The first kappa shape index (κ1) is 17.3. The number of carbonyl (C=O) groups excluding carboxylic acids is 1. The van der Waals surface area contributed by atoms with E-state index in [1.807, 2.05) is 53.4 Å². The lowest BCUT2D eigenvalue weighted by Crippen LogP contribution is -2.35. The fourth-order valence-corrected chi connectivity index (χ4v) is 3.55. The second kappa shape index (κ2) is 7.62. The summed E-state index contributed by atoms with van der Waals surface area (Å²) < 4.78 is 0. The molecular formula is C23H23N3O. The third kappa shape index (κ3) is 3.70. The minimum absolute atomic E-state index is 0.0114. The van der Waals surface area contributed by atoms with E-state index in [4.69, 9.17) is 0 Å². The molecule has 27 heavy (non-hydrogen) atoms. The first-order valence-corrected chi connectivity index (χ1v) is 9.40. The van der Waals surface area contributed by atoms with Crippen LogP contribution in [0.3, 0.4) is 0 Å². The standard InChI is InChI=1S/C23H23N3O/c1-17(18-8-3-2-4-9-18)25-22-14-13-20(16-24-22)23(27)26-15-7-11-19-10-5-6-12-21(19)26/h2-6,8-10,12-14,16-17H,7,11,15H2,1H3,(H,24,25). The van der Waals surface area contributed by atoms with Gasteiger partial charge in [-0.25, -0.2) is 4.98 Å². The number of anilines is 2. The van der Waals surface area contributed by atoms with Crippen LogP contribution in [0.4, 0.5) is 11.5 Å². The van der Waals surface area contributed by atoms with Crippen molar-refractivity contribution in [3.8, 4) is 0 Å². The molecule has 1 amide bonds. The Hall–Kier alpha value is -3.14. The lowest BCUT2D eigenvalue weighted by Gasteiger charge is -2.29. The van der Waals surface area contributed by atoms with Gasteiger partial charge < -0.3 is 10.2 Å². The number of rotatable bonds is 4. The van der Waals surface area contributed by atoms with E-state index in [-0.39, 0.29) is 11.9 Å². The van der Waals surface area contributed by atoms with Crippen molar-refractivity contribution in [3.63, 3.8) is 0 Å². The van der Waals surface area contributed by atoms with Crippen molar-refractivity contribution < 1.29 is 4.79 Å². The van der Waals surface area contributed by atoms with Crippen LogP contribution in [-0.2, 0) is 6.42 Å². The van der Waals surface area contributed by atoms with Gasteiger partial charge in [-0.2, -0.15) is 0 Å². The number of amides is 1. The molecule has 2 aromatic carbocycles. The summed E-state index contributed by atoms with van der Waals surface area (Å²) in [4.78, 5) is 19.3. The fourth-order valence-electron chi connectivity index (χ4n) is 3.55. The molecule has 136 valence electrons. The van der Waals surface area contributed by atoms with Crippen molar-refractivity contribution in [2.24, 2.45) is 0 Å². The zero-order valence-electron chi connectivity index (χ0n) is 15.4. The Bertz CT molecular complexity index is 922. The minimum Gasteiger partial charge on any atom is -0.364 e. The second-order valence-electron chi connectivity index (χ2n) is 6.90. The van der Waals surface area contributed by atoms with Crippen LogP contribution in [0.5, 0.6) is 0 Å². The van der Waals surface area contributed by atoms with Crippen LogP contribution in [0.1, 0.15) is 40.9 Å². The number of aryl methyl sites for hydroxylation is 1. The lowest BCUT2D eigenvalue weighted by molar-refractivity contribution is 0.0985. The van der Waals surface area contributed by atoms with Gasteiger partial charge in [-0.3, -0.25) is 4.79 Å². The van der Waals surface area contributed by atoms with Crippen LogP contribution >= 0.6 is 0 Å². The number of hydrogen-bond acceptors (Lipinski definition) is 3. The summed E-state index contributed by atoms with van der Waals surface area (Å²) in [7, 11) is 0. The number of para-hydroxylation sites is 1.